The maximum atomic E-state index is 12.2. The third-order valence-corrected chi connectivity index (χ3v) is 4.01. The van der Waals surface area contributed by atoms with Crippen LogP contribution >= 0.6 is 0 Å². The molecule has 0 heterocycles. The summed E-state index contributed by atoms with van der Waals surface area (Å²) in [6, 6.07) is 0.453. The Labute approximate surface area is 166 Å². The van der Waals surface area contributed by atoms with Crippen molar-refractivity contribution in [3.05, 3.63) is 0 Å². The first-order valence-electron chi connectivity index (χ1n) is 10.6. The summed E-state index contributed by atoms with van der Waals surface area (Å²) in [5.74, 6) is 0.1000. The van der Waals surface area contributed by atoms with E-state index in [1.165, 1.54) is 0 Å². The van der Waals surface area contributed by atoms with Gasteiger partial charge in [-0.15, -0.1) is 0 Å². The molecular formula is C21H43N3O3. The van der Waals surface area contributed by atoms with Gasteiger partial charge >= 0.3 is 0 Å². The Balaban J connectivity index is 3.96. The first-order valence-corrected chi connectivity index (χ1v) is 10.6. The number of unbranched alkanes of at least 4 members (excludes halogenated alkanes) is 3. The number of hydrogen-bond donors (Lipinski definition) is 3. The zero-order valence-corrected chi connectivity index (χ0v) is 18.4. The minimum absolute atomic E-state index is 0.0242. The zero-order valence-electron chi connectivity index (χ0n) is 18.4. The molecule has 0 bridgehead atoms. The molecule has 6 nitrogen and oxygen atoms in total. The second-order valence-corrected chi connectivity index (χ2v) is 8.17. The Hall–Kier alpha value is -1.14. The number of amides is 2. The molecule has 0 radical (unpaired) electrons. The van der Waals surface area contributed by atoms with Gasteiger partial charge < -0.3 is 20.7 Å². The smallest absolute Gasteiger partial charge is 0.221 e. The lowest BCUT2D eigenvalue weighted by Gasteiger charge is -2.21. The topological polar surface area (TPSA) is 79.5 Å². The van der Waals surface area contributed by atoms with Gasteiger partial charge in [-0.2, -0.15) is 0 Å². The van der Waals surface area contributed by atoms with Crippen LogP contribution in [0.4, 0.5) is 0 Å². The molecule has 1 atom stereocenters. The van der Waals surface area contributed by atoms with Crippen molar-refractivity contribution in [3.8, 4) is 0 Å². The number of carbonyl (C=O) groups is 2. The average molecular weight is 386 g/mol. The van der Waals surface area contributed by atoms with Crippen molar-refractivity contribution in [2.24, 2.45) is 0 Å². The minimum atomic E-state index is 0.0242. The highest BCUT2D eigenvalue weighted by molar-refractivity contribution is 5.77. The number of nitrogens with one attached hydrogen (secondary N) is 3. The SMILES string of the molecule is CC(C)NC(=O)CCC(CC(=O)NCCCCCCOC(C)C)NC(C)C. The first kappa shape index (κ1) is 25.9. The molecule has 3 N–H and O–H groups in total. The van der Waals surface area contributed by atoms with Crippen LogP contribution in [0.2, 0.25) is 0 Å². The molecule has 0 aromatic rings. The number of ether oxygens (including phenoxy) is 1. The van der Waals surface area contributed by atoms with E-state index in [0.717, 1.165) is 32.3 Å². The highest BCUT2D eigenvalue weighted by Gasteiger charge is 2.16. The zero-order chi connectivity index (χ0) is 20.7. The lowest BCUT2D eigenvalue weighted by molar-refractivity contribution is -0.123. The fraction of sp³-hybridized carbons (Fsp3) is 0.905. The Morgan fingerprint density at radius 3 is 2.11 bits per heavy atom. The minimum Gasteiger partial charge on any atom is -0.379 e. The summed E-state index contributed by atoms with van der Waals surface area (Å²) < 4.78 is 5.52. The Kier molecular flexibility index (Phi) is 15.2. The quantitative estimate of drug-likeness (QED) is 0.357. The molecule has 0 spiro atoms. The van der Waals surface area contributed by atoms with Gasteiger partial charge in [-0.3, -0.25) is 9.59 Å². The molecule has 160 valence electrons. The van der Waals surface area contributed by atoms with Gasteiger partial charge in [0.15, 0.2) is 0 Å². The Morgan fingerprint density at radius 1 is 0.852 bits per heavy atom. The fourth-order valence-corrected chi connectivity index (χ4v) is 2.84. The van der Waals surface area contributed by atoms with E-state index in [4.69, 9.17) is 4.74 Å². The molecule has 1 unspecified atom stereocenters. The van der Waals surface area contributed by atoms with Crippen LogP contribution in [0.25, 0.3) is 0 Å². The van der Waals surface area contributed by atoms with Crippen molar-refractivity contribution in [3.63, 3.8) is 0 Å². The third-order valence-electron chi connectivity index (χ3n) is 4.01. The second kappa shape index (κ2) is 15.9. The average Bonchev–Trinajstić information content (AvgIpc) is 2.53. The third kappa shape index (κ3) is 18.0. The van der Waals surface area contributed by atoms with Gasteiger partial charge in [0, 0.05) is 44.1 Å². The highest BCUT2D eigenvalue weighted by atomic mass is 16.5. The number of hydrogen-bond acceptors (Lipinski definition) is 4. The number of rotatable bonds is 16. The van der Waals surface area contributed by atoms with Gasteiger partial charge in [-0.05, 0) is 47.0 Å². The molecule has 27 heavy (non-hydrogen) atoms. The van der Waals surface area contributed by atoms with Gasteiger partial charge in [0.1, 0.15) is 0 Å². The van der Waals surface area contributed by atoms with E-state index < -0.39 is 0 Å². The monoisotopic (exact) mass is 385 g/mol. The standard InChI is InChI=1S/C21H43N3O3/c1-16(2)23-19(11-12-20(25)24-17(3)4)15-21(26)22-13-9-7-8-10-14-27-18(5)6/h16-19,23H,7-15H2,1-6H3,(H,22,26)(H,24,25). The second-order valence-electron chi connectivity index (χ2n) is 8.17. The van der Waals surface area contributed by atoms with Crippen LogP contribution in [0.1, 0.15) is 86.5 Å². The summed E-state index contributed by atoms with van der Waals surface area (Å²) in [6.07, 6.45) is 6.12. The summed E-state index contributed by atoms with van der Waals surface area (Å²) in [4.78, 5) is 24.0. The molecule has 0 aliphatic heterocycles. The summed E-state index contributed by atoms with van der Waals surface area (Å²) in [7, 11) is 0. The molecule has 2 amide bonds. The highest BCUT2D eigenvalue weighted by Crippen LogP contribution is 2.05. The van der Waals surface area contributed by atoms with Crippen LogP contribution in [-0.4, -0.2) is 49.2 Å². The molecule has 0 aromatic carbocycles. The van der Waals surface area contributed by atoms with Crippen molar-refractivity contribution < 1.29 is 14.3 Å². The Bertz CT molecular complexity index is 398. The van der Waals surface area contributed by atoms with Crippen LogP contribution in [-0.2, 0) is 14.3 Å². The first-order chi connectivity index (χ1) is 12.7. The van der Waals surface area contributed by atoms with Gasteiger partial charge in [0.25, 0.3) is 0 Å². The fourth-order valence-electron chi connectivity index (χ4n) is 2.84. The van der Waals surface area contributed by atoms with E-state index in [1.54, 1.807) is 0 Å². The molecular weight excluding hydrogens is 342 g/mol. The van der Waals surface area contributed by atoms with E-state index in [-0.39, 0.29) is 29.9 Å². The van der Waals surface area contributed by atoms with E-state index in [1.807, 2.05) is 27.7 Å². The molecule has 0 saturated heterocycles. The van der Waals surface area contributed by atoms with E-state index in [9.17, 15) is 9.59 Å². The van der Waals surface area contributed by atoms with Gasteiger partial charge in [0.05, 0.1) is 6.10 Å². The maximum absolute atomic E-state index is 12.2. The van der Waals surface area contributed by atoms with E-state index >= 15 is 0 Å². The normalized spacial score (nSPS) is 12.6. The predicted molar refractivity (Wildman–Crippen MR) is 112 cm³/mol. The van der Waals surface area contributed by atoms with Crippen molar-refractivity contribution in [1.82, 2.24) is 16.0 Å². The van der Waals surface area contributed by atoms with E-state index in [0.29, 0.717) is 31.9 Å². The van der Waals surface area contributed by atoms with E-state index in [2.05, 4.69) is 29.8 Å². The largest absolute Gasteiger partial charge is 0.379 e. The molecule has 0 saturated carbocycles. The van der Waals surface area contributed by atoms with Crippen molar-refractivity contribution in [2.75, 3.05) is 13.2 Å². The molecule has 0 fully saturated rings. The lowest BCUT2D eigenvalue weighted by Crippen LogP contribution is -2.40. The molecule has 6 heteroatoms. The van der Waals surface area contributed by atoms with Gasteiger partial charge in [0.2, 0.25) is 11.8 Å². The summed E-state index contributed by atoms with van der Waals surface area (Å²) in [5.41, 5.74) is 0. The van der Waals surface area contributed by atoms with Gasteiger partial charge in [-0.25, -0.2) is 0 Å². The van der Waals surface area contributed by atoms with Crippen molar-refractivity contribution in [2.45, 2.75) is 111 Å². The van der Waals surface area contributed by atoms with Gasteiger partial charge in [-0.1, -0.05) is 26.7 Å². The molecule has 0 aliphatic rings. The summed E-state index contributed by atoms with van der Waals surface area (Å²) >= 11 is 0. The van der Waals surface area contributed by atoms with Crippen molar-refractivity contribution >= 4 is 11.8 Å². The maximum Gasteiger partial charge on any atom is 0.221 e. The summed E-state index contributed by atoms with van der Waals surface area (Å²) in [5, 5.41) is 9.30. The summed E-state index contributed by atoms with van der Waals surface area (Å²) in [6.45, 7) is 13.6. The molecule has 0 rings (SSSR count). The van der Waals surface area contributed by atoms with Crippen LogP contribution in [0.5, 0.6) is 0 Å². The van der Waals surface area contributed by atoms with Crippen LogP contribution in [0.15, 0.2) is 0 Å². The number of carbonyl (C=O) groups excluding carboxylic acids is 2. The van der Waals surface area contributed by atoms with Crippen LogP contribution in [0, 0.1) is 0 Å². The van der Waals surface area contributed by atoms with Crippen molar-refractivity contribution in [1.29, 1.82) is 0 Å². The lowest BCUT2D eigenvalue weighted by atomic mass is 10.1. The van der Waals surface area contributed by atoms with Crippen LogP contribution < -0.4 is 16.0 Å². The predicted octanol–water partition coefficient (Wildman–Crippen LogP) is 3.15. The Morgan fingerprint density at radius 2 is 1.52 bits per heavy atom. The molecule has 0 aromatic heterocycles. The molecule has 0 aliphatic carbocycles. The van der Waals surface area contributed by atoms with Crippen LogP contribution in [0.3, 0.4) is 0 Å².